The van der Waals surface area contributed by atoms with Gasteiger partial charge in [-0.3, -0.25) is 4.79 Å². The summed E-state index contributed by atoms with van der Waals surface area (Å²) in [4.78, 5) is 24.7. The van der Waals surface area contributed by atoms with Gasteiger partial charge in [0.1, 0.15) is 22.6 Å². The minimum atomic E-state index is -2.64. The molecule has 3 aromatic heterocycles. The third-order valence-corrected chi connectivity index (χ3v) is 8.67. The van der Waals surface area contributed by atoms with Gasteiger partial charge >= 0.3 is 0 Å². The summed E-state index contributed by atoms with van der Waals surface area (Å²) in [7, 11) is 3.49. The van der Waals surface area contributed by atoms with E-state index >= 15 is 0 Å². The van der Waals surface area contributed by atoms with E-state index in [1.165, 1.54) is 6.07 Å². The lowest BCUT2D eigenvalue weighted by Gasteiger charge is -2.27. The second kappa shape index (κ2) is 8.49. The van der Waals surface area contributed by atoms with Gasteiger partial charge in [-0.1, -0.05) is 0 Å². The Hall–Kier alpha value is -3.53. The van der Waals surface area contributed by atoms with E-state index in [1.54, 1.807) is 19.2 Å². The van der Waals surface area contributed by atoms with Gasteiger partial charge in [0, 0.05) is 43.2 Å². The molecule has 0 spiro atoms. The summed E-state index contributed by atoms with van der Waals surface area (Å²) in [6.45, 7) is 1.38. The fourth-order valence-electron chi connectivity index (χ4n) is 6.46. The Balaban J connectivity index is 1.35. The van der Waals surface area contributed by atoms with E-state index in [9.17, 15) is 13.6 Å². The molecule has 10 heteroatoms. The van der Waals surface area contributed by atoms with Gasteiger partial charge < -0.3 is 24.5 Å². The maximum atomic E-state index is 13.5. The van der Waals surface area contributed by atoms with Gasteiger partial charge in [-0.15, -0.1) is 0 Å². The molecule has 38 heavy (non-hydrogen) atoms. The third-order valence-electron chi connectivity index (χ3n) is 8.67. The first kappa shape index (κ1) is 23.6. The Kier molecular flexibility index (Phi) is 5.27. The van der Waals surface area contributed by atoms with Crippen molar-refractivity contribution in [3.63, 3.8) is 0 Å². The van der Waals surface area contributed by atoms with Gasteiger partial charge in [-0.2, -0.15) is 0 Å². The number of imidazole rings is 1. The zero-order chi connectivity index (χ0) is 26.3. The number of likely N-dealkylation sites (tertiary alicyclic amines) is 1. The Labute approximate surface area is 218 Å². The highest BCUT2D eigenvalue weighted by molar-refractivity contribution is 6.00. The molecule has 3 atom stereocenters. The summed E-state index contributed by atoms with van der Waals surface area (Å²) in [5.41, 5.74) is 9.41. The van der Waals surface area contributed by atoms with Gasteiger partial charge in [0.05, 0.1) is 18.3 Å². The lowest BCUT2D eigenvalue weighted by Crippen LogP contribution is -2.41. The molecular formula is C28H30F2N6O2. The van der Waals surface area contributed by atoms with Crippen molar-refractivity contribution in [3.05, 3.63) is 41.6 Å². The van der Waals surface area contributed by atoms with Gasteiger partial charge in [0.2, 0.25) is 0 Å². The van der Waals surface area contributed by atoms with Crippen LogP contribution >= 0.6 is 0 Å². The number of nitrogens with zero attached hydrogens (tertiary/aromatic N) is 5. The smallest absolute Gasteiger partial charge is 0.280 e. The minimum absolute atomic E-state index is 0.0404. The van der Waals surface area contributed by atoms with Gasteiger partial charge in [-0.25, -0.2) is 18.7 Å². The standard InChI is InChI=1S/C28H30F2N6O2/c1-34-24-19(9-17(11-22(24)38-2)28(37)36-13-16-6-8-20(36)23(16)31)33-27(34)21-10-15-5-7-18(25(29)30)32-26(15)35(21)12-14-3-4-14/h5,7,9-11,14,16,20,23,25H,3-4,6,8,12-13,31H2,1-2H3/t16-,20?,23?/m1/s1. The number of amides is 1. The zero-order valence-electron chi connectivity index (χ0n) is 21.4. The molecule has 1 aromatic carbocycles. The second-order valence-electron chi connectivity index (χ2n) is 11.0. The molecule has 2 saturated carbocycles. The zero-order valence-corrected chi connectivity index (χ0v) is 21.4. The largest absolute Gasteiger partial charge is 0.494 e. The highest BCUT2D eigenvalue weighted by Crippen LogP contribution is 2.40. The number of aryl methyl sites for hydroxylation is 1. The van der Waals surface area contributed by atoms with Crippen LogP contribution in [0, 0.1) is 11.8 Å². The van der Waals surface area contributed by atoms with Crippen LogP contribution in [0.4, 0.5) is 8.78 Å². The van der Waals surface area contributed by atoms with Gasteiger partial charge in [0.25, 0.3) is 12.3 Å². The fraction of sp³-hybridized carbons (Fsp3) is 0.464. The molecule has 3 aliphatic rings. The summed E-state index contributed by atoms with van der Waals surface area (Å²) in [5, 5.41) is 0.792. The van der Waals surface area contributed by atoms with Crippen LogP contribution in [0.15, 0.2) is 30.3 Å². The molecule has 198 valence electrons. The number of ether oxygens (including phenoxy) is 1. The molecule has 1 saturated heterocycles. The summed E-state index contributed by atoms with van der Waals surface area (Å²) in [6, 6.07) is 8.76. The summed E-state index contributed by atoms with van der Waals surface area (Å²) in [5.74, 6) is 2.04. The quantitative estimate of drug-likeness (QED) is 0.404. The van der Waals surface area contributed by atoms with Crippen LogP contribution in [0.2, 0.25) is 0 Å². The van der Waals surface area contributed by atoms with Crippen molar-refractivity contribution in [3.8, 4) is 17.3 Å². The van der Waals surface area contributed by atoms with E-state index in [4.69, 9.17) is 15.5 Å². The normalized spacial score (nSPS) is 22.9. The average molecular weight is 521 g/mol. The molecule has 4 aromatic rings. The number of hydrogen-bond donors (Lipinski definition) is 1. The van der Waals surface area contributed by atoms with Crippen molar-refractivity contribution in [1.29, 1.82) is 0 Å². The second-order valence-corrected chi connectivity index (χ2v) is 11.0. The third kappa shape index (κ3) is 3.53. The predicted octanol–water partition coefficient (Wildman–Crippen LogP) is 4.51. The molecular weight excluding hydrogens is 490 g/mol. The van der Waals surface area contributed by atoms with Gasteiger partial charge in [0.15, 0.2) is 5.82 Å². The van der Waals surface area contributed by atoms with Crippen molar-refractivity contribution < 1.29 is 18.3 Å². The van der Waals surface area contributed by atoms with E-state index < -0.39 is 6.43 Å². The number of aromatic nitrogens is 4. The minimum Gasteiger partial charge on any atom is -0.494 e. The Morgan fingerprint density at radius 3 is 2.63 bits per heavy atom. The van der Waals surface area contributed by atoms with Crippen LogP contribution < -0.4 is 10.5 Å². The number of piperidine rings is 1. The molecule has 1 amide bonds. The van der Waals surface area contributed by atoms with Crippen molar-refractivity contribution in [2.24, 2.45) is 24.6 Å². The maximum Gasteiger partial charge on any atom is 0.280 e. The number of pyridine rings is 1. The number of fused-ring (bicyclic) bond motifs is 4. The molecule has 2 aliphatic carbocycles. The van der Waals surface area contributed by atoms with Crippen LogP contribution in [0.3, 0.4) is 0 Å². The monoisotopic (exact) mass is 520 g/mol. The van der Waals surface area contributed by atoms with Crippen LogP contribution in [-0.2, 0) is 13.6 Å². The first-order chi connectivity index (χ1) is 18.3. The first-order valence-corrected chi connectivity index (χ1v) is 13.2. The molecule has 1 aliphatic heterocycles. The molecule has 2 unspecified atom stereocenters. The van der Waals surface area contributed by atoms with Crippen LogP contribution in [0.5, 0.6) is 5.75 Å². The van der Waals surface area contributed by atoms with Crippen LogP contribution in [0.25, 0.3) is 33.6 Å². The maximum absolute atomic E-state index is 13.5. The molecule has 0 radical (unpaired) electrons. The van der Waals surface area contributed by atoms with E-state index in [-0.39, 0.29) is 23.7 Å². The van der Waals surface area contributed by atoms with Crippen molar-refractivity contribution in [2.75, 3.05) is 13.7 Å². The van der Waals surface area contributed by atoms with E-state index in [1.807, 2.05) is 33.2 Å². The molecule has 7 rings (SSSR count). The van der Waals surface area contributed by atoms with Crippen LogP contribution in [-0.4, -0.2) is 55.6 Å². The highest BCUT2D eigenvalue weighted by Gasteiger charge is 2.47. The van der Waals surface area contributed by atoms with Crippen molar-refractivity contribution >= 4 is 28.0 Å². The average Bonchev–Trinajstić information content (AvgIpc) is 3.32. The fourth-order valence-corrected chi connectivity index (χ4v) is 6.46. The summed E-state index contributed by atoms with van der Waals surface area (Å²) in [6.07, 6.45) is 1.60. The Bertz CT molecular complexity index is 1590. The van der Waals surface area contributed by atoms with Crippen LogP contribution in [0.1, 0.15) is 48.2 Å². The highest BCUT2D eigenvalue weighted by atomic mass is 19.3. The van der Waals surface area contributed by atoms with Gasteiger partial charge in [-0.05, 0) is 67.9 Å². The summed E-state index contributed by atoms with van der Waals surface area (Å²) < 4.78 is 36.6. The Morgan fingerprint density at radius 1 is 1.16 bits per heavy atom. The molecule has 8 nitrogen and oxygen atoms in total. The predicted molar refractivity (Wildman–Crippen MR) is 139 cm³/mol. The SMILES string of the molecule is COc1cc(C(=O)N2C[C@H]3CCC2C3N)cc2nc(-c3cc4ccc(C(F)F)nc4n3CC3CC3)n(C)c12. The number of rotatable bonds is 6. The number of halogens is 2. The number of nitrogens with two attached hydrogens (primary N) is 1. The molecule has 2 bridgehead atoms. The molecule has 2 N–H and O–H groups in total. The number of alkyl halides is 2. The topological polar surface area (TPSA) is 91.2 Å². The number of benzene rings is 1. The molecule has 4 heterocycles. The van der Waals surface area contributed by atoms with E-state index in [0.717, 1.165) is 42.3 Å². The van der Waals surface area contributed by atoms with E-state index in [0.29, 0.717) is 53.2 Å². The lowest BCUT2D eigenvalue weighted by molar-refractivity contribution is 0.0700. The number of methoxy groups -OCH3 is 1. The Morgan fingerprint density at radius 2 is 1.97 bits per heavy atom. The number of carbonyl (C=O) groups is 1. The molecule has 3 fully saturated rings. The van der Waals surface area contributed by atoms with Crippen molar-refractivity contribution in [2.45, 2.75) is 50.7 Å². The number of carbonyl (C=O) groups excluding carboxylic acids is 1. The number of hydrogen-bond acceptors (Lipinski definition) is 5. The van der Waals surface area contributed by atoms with E-state index in [2.05, 4.69) is 4.98 Å². The van der Waals surface area contributed by atoms with Crippen molar-refractivity contribution in [1.82, 2.24) is 24.0 Å². The summed E-state index contributed by atoms with van der Waals surface area (Å²) >= 11 is 0. The first-order valence-electron chi connectivity index (χ1n) is 13.2. The lowest BCUT2D eigenvalue weighted by atomic mass is 10.1.